The van der Waals surface area contributed by atoms with Crippen molar-refractivity contribution in [2.75, 3.05) is 26.4 Å². The van der Waals surface area contributed by atoms with Gasteiger partial charge in [0.15, 0.2) is 6.10 Å². The second-order valence-electron chi connectivity index (χ2n) is 8.77. The van der Waals surface area contributed by atoms with E-state index >= 15 is 0 Å². The maximum atomic E-state index is 12.1. The van der Waals surface area contributed by atoms with Crippen LogP contribution in [0.25, 0.3) is 11.3 Å². The van der Waals surface area contributed by atoms with Crippen molar-refractivity contribution in [2.45, 2.75) is 59.6 Å². The summed E-state index contributed by atoms with van der Waals surface area (Å²) in [6, 6.07) is 20.3. The van der Waals surface area contributed by atoms with Gasteiger partial charge in [0.1, 0.15) is 18.1 Å². The standard InChI is InChI=1S/C30H39NO5/c1-6-33-28-12-10-9-11-25(28)27-18-17-26(22(4)5)31(27)19-20-36-24-15-13-23(14-16-24)21-29(34-7-2)30(32)35-8-3/h9-18,22,29H,6-8,19-21H2,1-5H3. The van der Waals surface area contributed by atoms with Crippen LogP contribution >= 0.6 is 0 Å². The van der Waals surface area contributed by atoms with E-state index in [1.165, 1.54) is 5.69 Å². The summed E-state index contributed by atoms with van der Waals surface area (Å²) >= 11 is 0. The lowest BCUT2D eigenvalue weighted by atomic mass is 10.1. The Morgan fingerprint density at radius 2 is 1.61 bits per heavy atom. The van der Waals surface area contributed by atoms with Gasteiger partial charge in [-0.05, 0) is 68.7 Å². The molecule has 0 bridgehead atoms. The number of esters is 1. The molecule has 0 fully saturated rings. The Morgan fingerprint density at radius 3 is 2.28 bits per heavy atom. The lowest BCUT2D eigenvalue weighted by Crippen LogP contribution is -2.28. The van der Waals surface area contributed by atoms with E-state index in [0.29, 0.717) is 45.3 Å². The van der Waals surface area contributed by atoms with E-state index in [4.69, 9.17) is 18.9 Å². The zero-order chi connectivity index (χ0) is 25.9. The fourth-order valence-electron chi connectivity index (χ4n) is 4.27. The van der Waals surface area contributed by atoms with E-state index < -0.39 is 6.10 Å². The third-order valence-electron chi connectivity index (χ3n) is 5.91. The molecule has 1 aromatic heterocycles. The Bertz CT molecular complexity index is 1090. The minimum absolute atomic E-state index is 0.325. The Labute approximate surface area is 215 Å². The van der Waals surface area contributed by atoms with Crippen LogP contribution in [0.4, 0.5) is 0 Å². The van der Waals surface area contributed by atoms with Gasteiger partial charge in [-0.1, -0.05) is 38.1 Å². The quantitative estimate of drug-likeness (QED) is 0.248. The van der Waals surface area contributed by atoms with Crippen LogP contribution in [0.15, 0.2) is 60.7 Å². The molecular formula is C30H39NO5. The second kappa shape index (κ2) is 13.7. The Balaban J connectivity index is 1.68. The fraction of sp³-hybridized carbons (Fsp3) is 0.433. The van der Waals surface area contributed by atoms with E-state index in [9.17, 15) is 4.79 Å². The first-order valence-corrected chi connectivity index (χ1v) is 12.9. The number of ether oxygens (including phenoxy) is 4. The normalized spacial score (nSPS) is 11.9. The van der Waals surface area contributed by atoms with Crippen LogP contribution in [-0.4, -0.2) is 43.1 Å². The van der Waals surface area contributed by atoms with Crippen molar-refractivity contribution >= 4 is 5.97 Å². The van der Waals surface area contributed by atoms with E-state index in [1.54, 1.807) is 6.92 Å². The first-order valence-electron chi connectivity index (χ1n) is 12.9. The lowest BCUT2D eigenvalue weighted by Gasteiger charge is -2.18. The molecular weight excluding hydrogens is 454 g/mol. The van der Waals surface area contributed by atoms with Gasteiger partial charge in [-0.25, -0.2) is 4.79 Å². The zero-order valence-electron chi connectivity index (χ0n) is 22.2. The summed E-state index contributed by atoms with van der Waals surface area (Å²) in [4.78, 5) is 12.1. The molecule has 1 unspecified atom stereocenters. The third kappa shape index (κ3) is 7.14. The minimum Gasteiger partial charge on any atom is -0.493 e. The van der Waals surface area contributed by atoms with Gasteiger partial charge in [-0.3, -0.25) is 0 Å². The molecule has 0 radical (unpaired) electrons. The maximum absolute atomic E-state index is 12.1. The van der Waals surface area contributed by atoms with Gasteiger partial charge < -0.3 is 23.5 Å². The predicted octanol–water partition coefficient (Wildman–Crippen LogP) is 6.27. The van der Waals surface area contributed by atoms with Crippen LogP contribution in [0, 0.1) is 0 Å². The molecule has 6 heteroatoms. The Hall–Kier alpha value is -3.25. The number of benzene rings is 2. The Morgan fingerprint density at radius 1 is 0.861 bits per heavy atom. The number of carbonyl (C=O) groups is 1. The van der Waals surface area contributed by atoms with Gasteiger partial charge >= 0.3 is 5.97 Å². The molecule has 0 aliphatic rings. The molecule has 3 aromatic rings. The molecule has 6 nitrogen and oxygen atoms in total. The van der Waals surface area contributed by atoms with Crippen LogP contribution in [0.1, 0.15) is 51.8 Å². The first-order chi connectivity index (χ1) is 17.5. The summed E-state index contributed by atoms with van der Waals surface area (Å²) in [7, 11) is 0. The van der Waals surface area contributed by atoms with Crippen LogP contribution in [-0.2, 0) is 27.2 Å². The average molecular weight is 494 g/mol. The predicted molar refractivity (Wildman–Crippen MR) is 143 cm³/mol. The van der Waals surface area contributed by atoms with Crippen molar-refractivity contribution in [2.24, 2.45) is 0 Å². The highest BCUT2D eigenvalue weighted by molar-refractivity contribution is 5.75. The molecule has 1 heterocycles. The van der Waals surface area contributed by atoms with Crippen molar-refractivity contribution in [3.05, 3.63) is 71.9 Å². The SMILES string of the molecule is CCOC(=O)C(Cc1ccc(OCCn2c(-c3ccccc3OCC)ccc2C(C)C)cc1)OCC. The van der Waals surface area contributed by atoms with Gasteiger partial charge in [0.2, 0.25) is 0 Å². The van der Waals surface area contributed by atoms with E-state index in [2.05, 4.69) is 36.6 Å². The van der Waals surface area contributed by atoms with Gasteiger partial charge in [0.25, 0.3) is 0 Å². The van der Waals surface area contributed by atoms with Crippen molar-refractivity contribution in [1.29, 1.82) is 0 Å². The molecule has 0 aliphatic heterocycles. The number of hydrogen-bond acceptors (Lipinski definition) is 5. The summed E-state index contributed by atoms with van der Waals surface area (Å²) in [5.41, 5.74) is 4.47. The number of nitrogens with zero attached hydrogens (tertiary/aromatic N) is 1. The molecule has 0 spiro atoms. The first kappa shape index (κ1) is 27.3. The highest BCUT2D eigenvalue weighted by Crippen LogP contribution is 2.33. The largest absolute Gasteiger partial charge is 0.493 e. The van der Waals surface area contributed by atoms with Crippen molar-refractivity contribution in [3.8, 4) is 22.8 Å². The van der Waals surface area contributed by atoms with Gasteiger partial charge in [-0.15, -0.1) is 0 Å². The van der Waals surface area contributed by atoms with E-state index in [0.717, 1.165) is 28.3 Å². The summed E-state index contributed by atoms with van der Waals surface area (Å²) in [5.74, 6) is 1.74. The summed E-state index contributed by atoms with van der Waals surface area (Å²) in [6.07, 6.45) is -0.126. The number of aromatic nitrogens is 1. The number of hydrogen-bond donors (Lipinski definition) is 0. The molecule has 194 valence electrons. The van der Waals surface area contributed by atoms with E-state index in [1.807, 2.05) is 56.3 Å². The molecule has 0 saturated carbocycles. The highest BCUT2D eigenvalue weighted by Gasteiger charge is 2.20. The monoisotopic (exact) mass is 493 g/mol. The number of carbonyl (C=O) groups excluding carboxylic acids is 1. The minimum atomic E-state index is -0.595. The maximum Gasteiger partial charge on any atom is 0.335 e. The second-order valence-corrected chi connectivity index (χ2v) is 8.77. The average Bonchev–Trinajstić information content (AvgIpc) is 3.29. The summed E-state index contributed by atoms with van der Waals surface area (Å²) in [5, 5.41) is 0. The van der Waals surface area contributed by atoms with Crippen LogP contribution < -0.4 is 9.47 Å². The van der Waals surface area contributed by atoms with Gasteiger partial charge in [0.05, 0.1) is 25.5 Å². The molecule has 2 aromatic carbocycles. The van der Waals surface area contributed by atoms with Gasteiger partial charge in [0, 0.05) is 24.3 Å². The third-order valence-corrected chi connectivity index (χ3v) is 5.91. The lowest BCUT2D eigenvalue weighted by molar-refractivity contribution is -0.156. The van der Waals surface area contributed by atoms with Crippen LogP contribution in [0.5, 0.6) is 11.5 Å². The van der Waals surface area contributed by atoms with E-state index in [-0.39, 0.29) is 5.97 Å². The molecule has 0 aliphatic carbocycles. The number of para-hydroxylation sites is 1. The van der Waals surface area contributed by atoms with Crippen molar-refractivity contribution < 1.29 is 23.7 Å². The molecule has 1 atom stereocenters. The molecule has 0 amide bonds. The molecule has 0 saturated heterocycles. The van der Waals surface area contributed by atoms with Crippen molar-refractivity contribution in [3.63, 3.8) is 0 Å². The number of rotatable bonds is 14. The molecule has 3 rings (SSSR count). The summed E-state index contributed by atoms with van der Waals surface area (Å²) in [6.45, 7) is 12.8. The van der Waals surface area contributed by atoms with Gasteiger partial charge in [-0.2, -0.15) is 0 Å². The molecule has 36 heavy (non-hydrogen) atoms. The highest BCUT2D eigenvalue weighted by atomic mass is 16.6. The molecule has 0 N–H and O–H groups in total. The Kier molecular flexibility index (Phi) is 10.4. The fourth-order valence-corrected chi connectivity index (χ4v) is 4.27. The van der Waals surface area contributed by atoms with Crippen LogP contribution in [0.2, 0.25) is 0 Å². The van der Waals surface area contributed by atoms with Crippen molar-refractivity contribution in [1.82, 2.24) is 4.57 Å². The zero-order valence-corrected chi connectivity index (χ0v) is 22.2. The summed E-state index contributed by atoms with van der Waals surface area (Å²) < 4.78 is 25.0. The topological polar surface area (TPSA) is 58.9 Å². The van der Waals surface area contributed by atoms with Crippen LogP contribution in [0.3, 0.4) is 0 Å². The smallest absolute Gasteiger partial charge is 0.335 e.